The molecule has 4 heteroatoms. The summed E-state index contributed by atoms with van der Waals surface area (Å²) >= 11 is 0. The van der Waals surface area contributed by atoms with Gasteiger partial charge in [0.05, 0.1) is 0 Å². The fourth-order valence-electron chi connectivity index (χ4n) is 2.44. The predicted molar refractivity (Wildman–Crippen MR) is 77.7 cm³/mol. The molecule has 1 heterocycles. The van der Waals surface area contributed by atoms with E-state index < -0.39 is 11.6 Å². The largest absolute Gasteiger partial charge is 0.479 e. The van der Waals surface area contributed by atoms with Gasteiger partial charge in [0, 0.05) is 21.8 Å². The van der Waals surface area contributed by atoms with Crippen molar-refractivity contribution in [2.24, 2.45) is 0 Å². The van der Waals surface area contributed by atoms with E-state index in [0.29, 0.717) is 5.56 Å². The van der Waals surface area contributed by atoms with Gasteiger partial charge in [0.15, 0.2) is 5.60 Å². The third-order valence-corrected chi connectivity index (χ3v) is 3.73. The second-order valence-corrected chi connectivity index (χ2v) is 5.31. The first kappa shape index (κ1) is 12.7. The van der Waals surface area contributed by atoms with Crippen LogP contribution in [0.4, 0.5) is 0 Å². The summed E-state index contributed by atoms with van der Waals surface area (Å²) in [5.74, 6) is -1.26. The number of aromatic amines is 1. The number of hydrogen-bond acceptors (Lipinski definition) is 2. The van der Waals surface area contributed by atoms with Crippen LogP contribution in [0.2, 0.25) is 0 Å². The van der Waals surface area contributed by atoms with Crippen LogP contribution in [0.3, 0.4) is 0 Å². The monoisotopic (exact) mass is 269 g/mol. The van der Waals surface area contributed by atoms with Crippen molar-refractivity contribution in [2.45, 2.75) is 19.4 Å². The molecule has 0 aliphatic rings. The van der Waals surface area contributed by atoms with Crippen LogP contribution in [-0.4, -0.2) is 21.2 Å². The Labute approximate surface area is 115 Å². The van der Waals surface area contributed by atoms with Gasteiger partial charge in [0.25, 0.3) is 0 Å². The number of aryl methyl sites for hydroxylation is 1. The highest BCUT2D eigenvalue weighted by atomic mass is 16.4. The lowest BCUT2D eigenvalue weighted by Crippen LogP contribution is -2.31. The van der Waals surface area contributed by atoms with Gasteiger partial charge in [-0.2, -0.15) is 0 Å². The Kier molecular flexibility index (Phi) is 2.59. The number of aliphatic carboxylic acids is 1. The van der Waals surface area contributed by atoms with Crippen LogP contribution in [-0.2, 0) is 10.4 Å². The topological polar surface area (TPSA) is 73.3 Å². The van der Waals surface area contributed by atoms with Gasteiger partial charge in [-0.05, 0) is 37.6 Å². The van der Waals surface area contributed by atoms with E-state index in [0.717, 1.165) is 21.8 Å². The van der Waals surface area contributed by atoms with Crippen molar-refractivity contribution in [3.8, 4) is 0 Å². The highest BCUT2D eigenvalue weighted by Crippen LogP contribution is 2.30. The molecule has 0 radical (unpaired) electrons. The molecule has 4 nitrogen and oxygen atoms in total. The van der Waals surface area contributed by atoms with E-state index in [1.807, 2.05) is 25.1 Å². The molecular formula is C16H15NO3. The molecule has 102 valence electrons. The maximum absolute atomic E-state index is 11.1. The molecule has 0 saturated heterocycles. The summed E-state index contributed by atoms with van der Waals surface area (Å²) in [6.45, 7) is 3.31. The first-order valence-electron chi connectivity index (χ1n) is 6.38. The molecule has 0 aliphatic heterocycles. The minimum absolute atomic E-state index is 0.362. The molecule has 1 aromatic heterocycles. The average molecular weight is 269 g/mol. The van der Waals surface area contributed by atoms with E-state index in [2.05, 4.69) is 11.1 Å². The number of aromatic nitrogens is 1. The summed E-state index contributed by atoms with van der Waals surface area (Å²) in [5, 5.41) is 21.2. The van der Waals surface area contributed by atoms with E-state index >= 15 is 0 Å². The fraction of sp³-hybridized carbons (Fsp3) is 0.188. The van der Waals surface area contributed by atoms with E-state index in [1.165, 1.54) is 12.5 Å². The molecule has 1 unspecified atom stereocenters. The minimum atomic E-state index is -1.89. The Bertz CT molecular complexity index is 830. The van der Waals surface area contributed by atoms with E-state index in [1.54, 1.807) is 12.1 Å². The van der Waals surface area contributed by atoms with Crippen molar-refractivity contribution in [2.75, 3.05) is 0 Å². The maximum atomic E-state index is 11.1. The molecule has 3 aromatic rings. The van der Waals surface area contributed by atoms with Gasteiger partial charge in [0.2, 0.25) is 0 Å². The summed E-state index contributed by atoms with van der Waals surface area (Å²) in [4.78, 5) is 14.4. The van der Waals surface area contributed by atoms with Gasteiger partial charge in [-0.3, -0.25) is 0 Å². The average Bonchev–Trinajstić information content (AvgIpc) is 2.75. The molecule has 0 spiro atoms. The van der Waals surface area contributed by atoms with Gasteiger partial charge in [0.1, 0.15) is 0 Å². The van der Waals surface area contributed by atoms with Crippen LogP contribution in [0.15, 0.2) is 36.4 Å². The predicted octanol–water partition coefficient (Wildman–Crippen LogP) is 2.92. The number of rotatable bonds is 2. The smallest absolute Gasteiger partial charge is 0.340 e. The lowest BCUT2D eigenvalue weighted by atomic mass is 9.95. The quantitative estimate of drug-likeness (QED) is 0.669. The van der Waals surface area contributed by atoms with Crippen molar-refractivity contribution in [3.63, 3.8) is 0 Å². The SMILES string of the molecule is Cc1ccc2[nH]c3cc(C(C)(O)C(=O)O)ccc3c2c1. The van der Waals surface area contributed by atoms with E-state index in [9.17, 15) is 9.90 Å². The van der Waals surface area contributed by atoms with E-state index in [-0.39, 0.29) is 0 Å². The van der Waals surface area contributed by atoms with Crippen molar-refractivity contribution < 1.29 is 15.0 Å². The fourth-order valence-corrected chi connectivity index (χ4v) is 2.44. The summed E-state index contributed by atoms with van der Waals surface area (Å²) < 4.78 is 0. The van der Waals surface area contributed by atoms with Gasteiger partial charge in [-0.1, -0.05) is 23.8 Å². The molecule has 0 amide bonds. The number of carbonyl (C=O) groups is 1. The molecule has 20 heavy (non-hydrogen) atoms. The van der Waals surface area contributed by atoms with Crippen LogP contribution in [0, 0.1) is 6.92 Å². The van der Waals surface area contributed by atoms with Crippen LogP contribution in [0.25, 0.3) is 21.8 Å². The Morgan fingerprint density at radius 1 is 1.10 bits per heavy atom. The van der Waals surface area contributed by atoms with Crippen LogP contribution < -0.4 is 0 Å². The summed E-state index contributed by atoms with van der Waals surface area (Å²) in [6, 6.07) is 11.3. The number of carboxylic acids is 1. The number of H-pyrrole nitrogens is 1. The third kappa shape index (κ3) is 1.77. The Morgan fingerprint density at radius 2 is 1.85 bits per heavy atom. The van der Waals surface area contributed by atoms with Crippen LogP contribution in [0.1, 0.15) is 18.1 Å². The first-order chi connectivity index (χ1) is 9.39. The highest BCUT2D eigenvalue weighted by Gasteiger charge is 2.32. The van der Waals surface area contributed by atoms with E-state index in [4.69, 9.17) is 5.11 Å². The number of carboxylic acid groups (broad SMARTS) is 1. The molecule has 3 N–H and O–H groups in total. The number of benzene rings is 2. The standard InChI is InChI=1S/C16H15NO3/c1-9-3-6-13-12(7-9)11-5-4-10(8-14(11)17-13)16(2,20)15(18)19/h3-8,17,20H,1-2H3,(H,18,19). The number of hydrogen-bond donors (Lipinski definition) is 3. The second-order valence-electron chi connectivity index (χ2n) is 5.31. The number of aliphatic hydroxyl groups is 1. The second kappa shape index (κ2) is 4.08. The van der Waals surface area contributed by atoms with Gasteiger partial charge < -0.3 is 15.2 Å². The van der Waals surface area contributed by atoms with Crippen molar-refractivity contribution >= 4 is 27.8 Å². The zero-order valence-electron chi connectivity index (χ0n) is 11.3. The molecular weight excluding hydrogens is 254 g/mol. The Morgan fingerprint density at radius 3 is 2.55 bits per heavy atom. The molecule has 0 fully saturated rings. The van der Waals surface area contributed by atoms with Crippen molar-refractivity contribution in [1.82, 2.24) is 4.98 Å². The lowest BCUT2D eigenvalue weighted by Gasteiger charge is -2.18. The maximum Gasteiger partial charge on any atom is 0.340 e. The summed E-state index contributed by atoms with van der Waals surface area (Å²) in [6.07, 6.45) is 0. The molecule has 2 aromatic carbocycles. The third-order valence-electron chi connectivity index (χ3n) is 3.73. The van der Waals surface area contributed by atoms with Gasteiger partial charge in [-0.25, -0.2) is 4.79 Å². The molecule has 0 saturated carbocycles. The molecule has 3 rings (SSSR count). The van der Waals surface area contributed by atoms with Crippen LogP contribution >= 0.6 is 0 Å². The molecule has 0 aliphatic carbocycles. The minimum Gasteiger partial charge on any atom is -0.479 e. The molecule has 0 bridgehead atoms. The normalized spacial score (nSPS) is 14.6. The summed E-state index contributed by atoms with van der Waals surface area (Å²) in [7, 11) is 0. The lowest BCUT2D eigenvalue weighted by molar-refractivity contribution is -0.157. The first-order valence-corrected chi connectivity index (χ1v) is 6.38. The van der Waals surface area contributed by atoms with Gasteiger partial charge >= 0.3 is 5.97 Å². The Hall–Kier alpha value is -2.33. The number of nitrogens with one attached hydrogen (secondary N) is 1. The van der Waals surface area contributed by atoms with Crippen molar-refractivity contribution in [3.05, 3.63) is 47.5 Å². The highest BCUT2D eigenvalue weighted by molar-refractivity contribution is 6.07. The number of fused-ring (bicyclic) bond motifs is 3. The zero-order valence-corrected chi connectivity index (χ0v) is 11.3. The Balaban J connectivity index is 2.27. The van der Waals surface area contributed by atoms with Gasteiger partial charge in [-0.15, -0.1) is 0 Å². The van der Waals surface area contributed by atoms with Crippen LogP contribution in [0.5, 0.6) is 0 Å². The summed E-state index contributed by atoms with van der Waals surface area (Å²) in [5.41, 5.74) is 1.46. The zero-order chi connectivity index (χ0) is 14.5. The molecule has 1 atom stereocenters. The van der Waals surface area contributed by atoms with Crippen molar-refractivity contribution in [1.29, 1.82) is 0 Å².